The summed E-state index contributed by atoms with van der Waals surface area (Å²) in [7, 11) is 0. The van der Waals surface area contributed by atoms with Crippen LogP contribution in [0.4, 0.5) is 16.2 Å². The molecule has 3 aromatic rings. The third kappa shape index (κ3) is 5.08. The lowest BCUT2D eigenvalue weighted by Crippen LogP contribution is -2.40. The van der Waals surface area contributed by atoms with Gasteiger partial charge in [-0.15, -0.1) is 10.2 Å². The van der Waals surface area contributed by atoms with E-state index in [-0.39, 0.29) is 17.9 Å². The van der Waals surface area contributed by atoms with Gasteiger partial charge in [0, 0.05) is 30.4 Å². The number of anilines is 2. The van der Waals surface area contributed by atoms with Crippen LogP contribution in [-0.2, 0) is 0 Å². The van der Waals surface area contributed by atoms with Crippen LogP contribution in [0, 0.1) is 13.8 Å². The van der Waals surface area contributed by atoms with Gasteiger partial charge in [0.25, 0.3) is 5.91 Å². The van der Waals surface area contributed by atoms with Crippen molar-refractivity contribution in [1.82, 2.24) is 15.1 Å². The molecule has 0 atom stereocenters. The number of benzene rings is 2. The Bertz CT molecular complexity index is 1070. The molecule has 0 saturated carbocycles. The summed E-state index contributed by atoms with van der Waals surface area (Å²) in [6, 6.07) is 15.3. The number of carbonyl (C=O) groups excluding carboxylic acids is 2. The largest absolute Gasteiger partial charge is 0.324 e. The average Bonchev–Trinajstić information content (AvgIpc) is 3.28. The van der Waals surface area contributed by atoms with E-state index in [9.17, 15) is 9.59 Å². The summed E-state index contributed by atoms with van der Waals surface area (Å²) >= 11 is 1.33. The van der Waals surface area contributed by atoms with Gasteiger partial charge in [-0.2, -0.15) is 0 Å². The Morgan fingerprint density at radius 3 is 2.48 bits per heavy atom. The molecule has 3 amide bonds. The van der Waals surface area contributed by atoms with Gasteiger partial charge in [0.05, 0.1) is 0 Å². The van der Waals surface area contributed by atoms with Crippen LogP contribution in [0.3, 0.4) is 0 Å². The molecular weight excluding hydrogens is 410 g/mol. The zero-order valence-corrected chi connectivity index (χ0v) is 18.4. The van der Waals surface area contributed by atoms with Crippen LogP contribution in [0.25, 0.3) is 0 Å². The van der Waals surface area contributed by atoms with Crippen molar-refractivity contribution >= 4 is 34.6 Å². The highest BCUT2D eigenvalue weighted by Gasteiger charge is 2.27. The van der Waals surface area contributed by atoms with Gasteiger partial charge in [0.15, 0.2) is 0 Å². The predicted octanol–water partition coefficient (Wildman–Crippen LogP) is 4.82. The Morgan fingerprint density at radius 2 is 1.74 bits per heavy atom. The number of aryl methyl sites for hydroxylation is 2. The molecule has 0 spiro atoms. The molecule has 1 aliphatic rings. The lowest BCUT2D eigenvalue weighted by molar-refractivity contribution is 0.102. The lowest BCUT2D eigenvalue weighted by atomic mass is 9.98. The topological polar surface area (TPSA) is 87.2 Å². The molecular formula is C23H25N5O2S. The molecule has 1 fully saturated rings. The van der Waals surface area contributed by atoms with Gasteiger partial charge in [0.1, 0.15) is 5.01 Å². The number of carbonyl (C=O) groups is 2. The van der Waals surface area contributed by atoms with E-state index >= 15 is 0 Å². The fourth-order valence-corrected chi connectivity index (χ4v) is 4.50. The van der Waals surface area contributed by atoms with E-state index < -0.39 is 0 Å². The fraction of sp³-hybridized carbons (Fsp3) is 0.304. The number of piperidine rings is 1. The molecule has 31 heavy (non-hydrogen) atoms. The van der Waals surface area contributed by atoms with E-state index in [0.717, 1.165) is 40.4 Å². The zero-order chi connectivity index (χ0) is 21.8. The predicted molar refractivity (Wildman–Crippen MR) is 123 cm³/mol. The van der Waals surface area contributed by atoms with Gasteiger partial charge >= 0.3 is 6.03 Å². The van der Waals surface area contributed by atoms with Crippen molar-refractivity contribution in [3.8, 4) is 0 Å². The smallest absolute Gasteiger partial charge is 0.321 e. The third-order valence-electron chi connectivity index (χ3n) is 5.43. The summed E-state index contributed by atoms with van der Waals surface area (Å²) in [6.45, 7) is 5.29. The van der Waals surface area contributed by atoms with Crippen LogP contribution < -0.4 is 10.6 Å². The Balaban J connectivity index is 1.32. The highest BCUT2D eigenvalue weighted by Crippen LogP contribution is 2.31. The summed E-state index contributed by atoms with van der Waals surface area (Å²) in [6.07, 6.45) is 1.60. The Labute approximate surface area is 185 Å². The summed E-state index contributed by atoms with van der Waals surface area (Å²) in [5.74, 6) is -0.0409. The number of nitrogens with zero attached hydrogens (tertiary/aromatic N) is 3. The van der Waals surface area contributed by atoms with E-state index in [1.54, 1.807) is 0 Å². The minimum atomic E-state index is -0.250. The van der Waals surface area contributed by atoms with E-state index in [1.165, 1.54) is 11.3 Å². The molecule has 1 saturated heterocycles. The second-order valence-corrected chi connectivity index (χ2v) is 8.78. The molecule has 2 aromatic carbocycles. The molecule has 160 valence electrons. The Kier molecular flexibility index (Phi) is 6.27. The van der Waals surface area contributed by atoms with E-state index in [2.05, 4.69) is 20.8 Å². The highest BCUT2D eigenvalue weighted by atomic mass is 32.1. The third-order valence-corrected chi connectivity index (χ3v) is 6.52. The van der Waals surface area contributed by atoms with Crippen LogP contribution in [0.2, 0.25) is 0 Å². The van der Waals surface area contributed by atoms with Crippen molar-refractivity contribution in [3.63, 3.8) is 0 Å². The monoisotopic (exact) mass is 435 g/mol. The van der Waals surface area contributed by atoms with Gasteiger partial charge < -0.3 is 15.5 Å². The lowest BCUT2D eigenvalue weighted by Gasteiger charge is -2.31. The van der Waals surface area contributed by atoms with Crippen LogP contribution >= 0.6 is 11.3 Å². The molecule has 7 nitrogen and oxygen atoms in total. The number of aromatic nitrogens is 2. The molecule has 2 N–H and O–H groups in total. The van der Waals surface area contributed by atoms with E-state index in [0.29, 0.717) is 18.1 Å². The minimum absolute atomic E-state index is 0.0765. The van der Waals surface area contributed by atoms with Crippen LogP contribution in [0.5, 0.6) is 0 Å². The molecule has 0 unspecified atom stereocenters. The Morgan fingerprint density at radius 1 is 1.00 bits per heavy atom. The average molecular weight is 436 g/mol. The first-order chi connectivity index (χ1) is 15.0. The molecule has 4 rings (SSSR count). The SMILES string of the molecule is Cc1ccc(C)c(NC(=O)N2CCC(c3nnc(C(=O)Nc4ccccc4)s3)CC2)c1. The van der Waals surface area contributed by atoms with Crippen molar-refractivity contribution in [1.29, 1.82) is 0 Å². The van der Waals surface area contributed by atoms with Crippen LogP contribution in [0.15, 0.2) is 48.5 Å². The summed E-state index contributed by atoms with van der Waals surface area (Å²) in [4.78, 5) is 26.9. The number of likely N-dealkylation sites (tertiary alicyclic amines) is 1. The second-order valence-electron chi connectivity index (χ2n) is 7.78. The molecule has 0 bridgehead atoms. The number of nitrogens with one attached hydrogen (secondary N) is 2. The number of amides is 3. The maximum Gasteiger partial charge on any atom is 0.321 e. The van der Waals surface area contributed by atoms with E-state index in [1.807, 2.05) is 67.3 Å². The molecule has 0 aliphatic carbocycles. The van der Waals surface area contributed by atoms with Crippen molar-refractivity contribution in [3.05, 3.63) is 69.7 Å². The van der Waals surface area contributed by atoms with Crippen LogP contribution in [-0.4, -0.2) is 40.1 Å². The fourth-order valence-electron chi connectivity index (χ4n) is 3.59. The first kappa shape index (κ1) is 21.0. The normalized spacial score (nSPS) is 14.3. The maximum absolute atomic E-state index is 12.7. The molecule has 2 heterocycles. The number of hydrogen-bond donors (Lipinski definition) is 2. The van der Waals surface area contributed by atoms with Gasteiger partial charge in [0.2, 0.25) is 5.01 Å². The summed E-state index contributed by atoms with van der Waals surface area (Å²) < 4.78 is 0. The number of rotatable bonds is 4. The Hall–Kier alpha value is -3.26. The summed E-state index contributed by atoms with van der Waals surface area (Å²) in [5, 5.41) is 15.4. The molecule has 1 aliphatic heterocycles. The van der Waals surface area contributed by atoms with Crippen molar-refractivity contribution in [2.75, 3.05) is 23.7 Å². The van der Waals surface area contributed by atoms with Crippen molar-refractivity contribution < 1.29 is 9.59 Å². The van der Waals surface area contributed by atoms with Crippen LogP contribution in [0.1, 0.15) is 44.7 Å². The standard InChI is InChI=1S/C23H25N5O2S/c1-15-8-9-16(2)19(14-15)25-23(30)28-12-10-17(11-13-28)21-26-27-22(31-21)20(29)24-18-6-4-3-5-7-18/h3-9,14,17H,10-13H2,1-2H3,(H,24,29)(H,25,30). The first-order valence-electron chi connectivity index (χ1n) is 10.3. The van der Waals surface area contributed by atoms with Crippen molar-refractivity contribution in [2.24, 2.45) is 0 Å². The summed E-state index contributed by atoms with van der Waals surface area (Å²) in [5.41, 5.74) is 3.74. The second kappa shape index (κ2) is 9.26. The van der Waals surface area contributed by atoms with Gasteiger partial charge in [-0.1, -0.05) is 41.7 Å². The number of urea groups is 1. The van der Waals surface area contributed by atoms with E-state index in [4.69, 9.17) is 0 Å². The molecule has 1 aromatic heterocycles. The molecule has 8 heteroatoms. The first-order valence-corrected chi connectivity index (χ1v) is 11.1. The molecule has 0 radical (unpaired) electrons. The maximum atomic E-state index is 12.7. The van der Waals surface area contributed by atoms with Gasteiger partial charge in [-0.05, 0) is 56.0 Å². The minimum Gasteiger partial charge on any atom is -0.324 e. The quantitative estimate of drug-likeness (QED) is 0.615. The number of hydrogen-bond acceptors (Lipinski definition) is 5. The van der Waals surface area contributed by atoms with Crippen molar-refractivity contribution in [2.45, 2.75) is 32.6 Å². The highest BCUT2D eigenvalue weighted by molar-refractivity contribution is 7.13. The number of para-hydroxylation sites is 1. The van der Waals surface area contributed by atoms with Gasteiger partial charge in [-0.25, -0.2) is 4.79 Å². The zero-order valence-electron chi connectivity index (χ0n) is 17.6. The van der Waals surface area contributed by atoms with Gasteiger partial charge in [-0.3, -0.25) is 4.79 Å².